The lowest BCUT2D eigenvalue weighted by atomic mass is 10.1. The molecule has 2 rings (SSSR count). The molecule has 9 heteroatoms. The summed E-state index contributed by atoms with van der Waals surface area (Å²) in [6.07, 6.45) is 1.22. The smallest absolute Gasteiger partial charge is 0.292 e. The monoisotopic (exact) mass is 343 g/mol. The Labute approximate surface area is 135 Å². The number of nitro benzene ring substituents is 1. The van der Waals surface area contributed by atoms with Crippen molar-refractivity contribution in [2.75, 3.05) is 49.6 Å². The lowest BCUT2D eigenvalue weighted by molar-refractivity contribution is -0.384. The lowest BCUT2D eigenvalue weighted by Crippen LogP contribution is -2.47. The van der Waals surface area contributed by atoms with Crippen LogP contribution < -0.4 is 4.90 Å². The summed E-state index contributed by atoms with van der Waals surface area (Å²) in [5, 5.41) is 20.4. The van der Waals surface area contributed by atoms with Crippen LogP contribution in [0.1, 0.15) is 5.56 Å². The van der Waals surface area contributed by atoms with E-state index in [0.717, 1.165) is 0 Å². The molecule has 1 saturated heterocycles. The molecule has 0 bridgehead atoms. The Morgan fingerprint density at radius 3 is 2.43 bits per heavy atom. The van der Waals surface area contributed by atoms with Gasteiger partial charge in [0.1, 0.15) is 15.5 Å². The Morgan fingerprint density at radius 1 is 1.26 bits per heavy atom. The molecule has 0 unspecified atom stereocenters. The largest absolute Gasteiger partial charge is 0.392 e. The molecular formula is C14H21N3O5S. The highest BCUT2D eigenvalue weighted by molar-refractivity contribution is 7.90. The fourth-order valence-electron chi connectivity index (χ4n) is 2.58. The third-order valence-electron chi connectivity index (χ3n) is 3.91. The van der Waals surface area contributed by atoms with Gasteiger partial charge in [0.25, 0.3) is 5.69 Å². The second-order valence-corrected chi connectivity index (χ2v) is 7.96. The van der Waals surface area contributed by atoms with Crippen molar-refractivity contribution in [2.24, 2.45) is 0 Å². The Kier molecular flexibility index (Phi) is 5.55. The van der Waals surface area contributed by atoms with Gasteiger partial charge in [-0.1, -0.05) is 0 Å². The van der Waals surface area contributed by atoms with Crippen molar-refractivity contribution >= 4 is 21.2 Å². The molecule has 1 aromatic carbocycles. The number of aliphatic hydroxyl groups excluding tert-OH is 1. The SMILES string of the molecule is CS(=O)(=O)CCN1CCN(c2cc(CO)ccc2[N+](=O)[O-])CC1. The van der Waals surface area contributed by atoms with E-state index < -0.39 is 14.8 Å². The third kappa shape index (κ3) is 4.88. The topological polar surface area (TPSA) is 104 Å². The maximum Gasteiger partial charge on any atom is 0.292 e. The molecule has 0 aliphatic carbocycles. The summed E-state index contributed by atoms with van der Waals surface area (Å²) in [7, 11) is -2.99. The van der Waals surface area contributed by atoms with Gasteiger partial charge >= 0.3 is 0 Å². The number of nitro groups is 1. The van der Waals surface area contributed by atoms with Gasteiger partial charge in [0.05, 0.1) is 17.3 Å². The summed E-state index contributed by atoms with van der Waals surface area (Å²) < 4.78 is 22.4. The number of anilines is 1. The fourth-order valence-corrected chi connectivity index (χ4v) is 3.17. The van der Waals surface area contributed by atoms with Crippen LogP contribution in [0, 0.1) is 10.1 Å². The van der Waals surface area contributed by atoms with Crippen LogP contribution in [0.2, 0.25) is 0 Å². The quantitative estimate of drug-likeness (QED) is 0.583. The van der Waals surface area contributed by atoms with Gasteiger partial charge in [0, 0.05) is 45.0 Å². The molecule has 128 valence electrons. The minimum absolute atomic E-state index is 0.0202. The Balaban J connectivity index is 2.06. The zero-order valence-electron chi connectivity index (χ0n) is 13.0. The highest BCUT2D eigenvalue weighted by Gasteiger charge is 2.24. The molecule has 1 aliphatic heterocycles. The van der Waals surface area contributed by atoms with Crippen LogP contribution in [0.15, 0.2) is 18.2 Å². The first-order valence-corrected chi connectivity index (χ1v) is 9.39. The molecule has 0 saturated carbocycles. The number of hydrogen-bond donors (Lipinski definition) is 1. The number of benzene rings is 1. The van der Waals surface area contributed by atoms with Gasteiger partial charge in [-0.3, -0.25) is 15.0 Å². The third-order valence-corrected chi connectivity index (χ3v) is 4.83. The molecular weight excluding hydrogens is 322 g/mol. The molecule has 1 aromatic rings. The second-order valence-electron chi connectivity index (χ2n) is 5.70. The minimum Gasteiger partial charge on any atom is -0.392 e. The van der Waals surface area contributed by atoms with E-state index in [0.29, 0.717) is 44.0 Å². The van der Waals surface area contributed by atoms with Crippen molar-refractivity contribution in [1.82, 2.24) is 4.90 Å². The molecule has 0 radical (unpaired) electrons. The molecule has 1 heterocycles. The van der Waals surface area contributed by atoms with E-state index in [1.165, 1.54) is 12.3 Å². The van der Waals surface area contributed by atoms with Crippen LogP contribution in [-0.4, -0.2) is 68.1 Å². The van der Waals surface area contributed by atoms with E-state index in [1.807, 2.05) is 9.80 Å². The molecule has 23 heavy (non-hydrogen) atoms. The highest BCUT2D eigenvalue weighted by atomic mass is 32.2. The van der Waals surface area contributed by atoms with E-state index >= 15 is 0 Å². The first kappa shape index (κ1) is 17.6. The normalized spacial score (nSPS) is 16.5. The summed E-state index contributed by atoms with van der Waals surface area (Å²) in [5.74, 6) is 0.118. The van der Waals surface area contributed by atoms with Crippen LogP contribution >= 0.6 is 0 Å². The minimum atomic E-state index is -2.99. The summed E-state index contributed by atoms with van der Waals surface area (Å²) in [5.41, 5.74) is 1.15. The predicted octanol–water partition coefficient (Wildman–Crippen LogP) is 0.254. The van der Waals surface area contributed by atoms with Gasteiger partial charge in [-0.25, -0.2) is 8.42 Å². The summed E-state index contributed by atoms with van der Waals surface area (Å²) in [6, 6.07) is 4.60. The molecule has 1 fully saturated rings. The zero-order valence-corrected chi connectivity index (χ0v) is 13.8. The Hall–Kier alpha value is -1.71. The summed E-state index contributed by atoms with van der Waals surface area (Å²) in [4.78, 5) is 14.7. The van der Waals surface area contributed by atoms with Gasteiger partial charge in [0.2, 0.25) is 0 Å². The maximum atomic E-state index is 11.2. The average Bonchev–Trinajstić information content (AvgIpc) is 2.52. The number of nitrogens with zero attached hydrogens (tertiary/aromatic N) is 3. The van der Waals surface area contributed by atoms with Crippen molar-refractivity contribution in [3.05, 3.63) is 33.9 Å². The molecule has 0 aromatic heterocycles. The van der Waals surface area contributed by atoms with Crippen LogP contribution in [0.4, 0.5) is 11.4 Å². The van der Waals surface area contributed by atoms with Gasteiger partial charge in [0.15, 0.2) is 0 Å². The average molecular weight is 343 g/mol. The molecule has 0 amide bonds. The van der Waals surface area contributed by atoms with Crippen LogP contribution in [-0.2, 0) is 16.4 Å². The molecule has 0 atom stereocenters. The summed E-state index contributed by atoms with van der Waals surface area (Å²) in [6.45, 7) is 2.77. The van der Waals surface area contributed by atoms with E-state index in [2.05, 4.69) is 0 Å². The maximum absolute atomic E-state index is 11.2. The van der Waals surface area contributed by atoms with Crippen molar-refractivity contribution in [3.8, 4) is 0 Å². The van der Waals surface area contributed by atoms with E-state index in [1.54, 1.807) is 12.1 Å². The molecule has 1 N–H and O–H groups in total. The second kappa shape index (κ2) is 7.24. The van der Waals surface area contributed by atoms with E-state index in [-0.39, 0.29) is 18.0 Å². The van der Waals surface area contributed by atoms with Gasteiger partial charge in [-0.15, -0.1) is 0 Å². The predicted molar refractivity (Wildman–Crippen MR) is 87.4 cm³/mol. The molecule has 8 nitrogen and oxygen atoms in total. The van der Waals surface area contributed by atoms with Crippen molar-refractivity contribution in [3.63, 3.8) is 0 Å². The van der Waals surface area contributed by atoms with Crippen molar-refractivity contribution < 1.29 is 18.4 Å². The highest BCUT2D eigenvalue weighted by Crippen LogP contribution is 2.30. The number of aliphatic hydroxyl groups is 1. The van der Waals surface area contributed by atoms with Crippen LogP contribution in [0.5, 0.6) is 0 Å². The fraction of sp³-hybridized carbons (Fsp3) is 0.571. The zero-order chi connectivity index (χ0) is 17.0. The van der Waals surface area contributed by atoms with Crippen molar-refractivity contribution in [2.45, 2.75) is 6.61 Å². The van der Waals surface area contributed by atoms with E-state index in [9.17, 15) is 23.6 Å². The molecule has 0 spiro atoms. The Morgan fingerprint density at radius 2 is 1.91 bits per heavy atom. The number of piperazine rings is 1. The Bertz CT molecular complexity index is 669. The number of hydrogen-bond acceptors (Lipinski definition) is 7. The van der Waals surface area contributed by atoms with Gasteiger partial charge < -0.3 is 10.0 Å². The number of sulfone groups is 1. The van der Waals surface area contributed by atoms with E-state index in [4.69, 9.17) is 0 Å². The van der Waals surface area contributed by atoms with Crippen LogP contribution in [0.3, 0.4) is 0 Å². The first-order valence-electron chi connectivity index (χ1n) is 7.33. The van der Waals surface area contributed by atoms with Gasteiger partial charge in [-0.05, 0) is 17.7 Å². The standard InChI is InChI=1S/C14H21N3O5S/c1-23(21,22)9-8-15-4-6-16(7-5-15)14-10-12(11-18)2-3-13(14)17(19)20/h2-3,10,18H,4-9,11H2,1H3. The number of rotatable bonds is 6. The first-order chi connectivity index (χ1) is 10.8. The molecule has 1 aliphatic rings. The van der Waals surface area contributed by atoms with Crippen molar-refractivity contribution in [1.29, 1.82) is 0 Å². The summed E-state index contributed by atoms with van der Waals surface area (Å²) >= 11 is 0. The van der Waals surface area contributed by atoms with Crippen LogP contribution in [0.25, 0.3) is 0 Å². The lowest BCUT2D eigenvalue weighted by Gasteiger charge is -2.35. The van der Waals surface area contributed by atoms with Gasteiger partial charge in [-0.2, -0.15) is 0 Å².